The molecule has 3 N–H and O–H groups in total. The molecule has 1 aliphatic carbocycles. The number of likely N-dealkylation sites (N-methyl/N-ethyl adjacent to an activating group) is 1. The minimum Gasteiger partial charge on any atom is -0.481 e. The molecule has 1 rings (SSSR count). The van der Waals surface area contributed by atoms with E-state index < -0.39 is 5.97 Å². The summed E-state index contributed by atoms with van der Waals surface area (Å²) in [5.41, 5.74) is 0.0597. The van der Waals surface area contributed by atoms with Gasteiger partial charge >= 0.3 is 12.0 Å². The molecule has 0 aromatic heterocycles. The largest absolute Gasteiger partial charge is 0.481 e. The number of nitrogens with one attached hydrogen (secondary N) is 2. The fourth-order valence-electron chi connectivity index (χ4n) is 2.41. The monoisotopic (exact) mass is 257 g/mol. The molecule has 0 saturated heterocycles. The topological polar surface area (TPSA) is 81.7 Å². The van der Waals surface area contributed by atoms with Crippen LogP contribution in [0.2, 0.25) is 0 Å². The van der Waals surface area contributed by atoms with E-state index in [9.17, 15) is 9.59 Å². The summed E-state index contributed by atoms with van der Waals surface area (Å²) in [5, 5.41) is 13.8. The quantitative estimate of drug-likeness (QED) is 0.652. The maximum absolute atomic E-state index is 11.5. The molecule has 1 aliphatic rings. The van der Waals surface area contributed by atoms with E-state index in [1.165, 1.54) is 12.8 Å². The first-order valence-corrected chi connectivity index (χ1v) is 6.37. The zero-order chi connectivity index (χ0) is 13.6. The third kappa shape index (κ3) is 4.18. The van der Waals surface area contributed by atoms with E-state index in [1.807, 2.05) is 14.1 Å². The number of aliphatic carboxylic acids is 1. The van der Waals surface area contributed by atoms with Crippen molar-refractivity contribution < 1.29 is 14.7 Å². The molecule has 0 atom stereocenters. The van der Waals surface area contributed by atoms with Crippen LogP contribution in [0.1, 0.15) is 32.1 Å². The second-order valence-electron chi connectivity index (χ2n) is 5.08. The van der Waals surface area contributed by atoms with Crippen LogP contribution in [0.4, 0.5) is 4.79 Å². The number of carboxylic acids is 1. The molecule has 0 heterocycles. The molecule has 18 heavy (non-hydrogen) atoms. The zero-order valence-corrected chi connectivity index (χ0v) is 11.2. The van der Waals surface area contributed by atoms with Crippen LogP contribution >= 0.6 is 0 Å². The van der Waals surface area contributed by atoms with Crippen LogP contribution < -0.4 is 10.6 Å². The van der Waals surface area contributed by atoms with Crippen molar-refractivity contribution in [3.05, 3.63) is 0 Å². The Morgan fingerprint density at radius 2 is 1.83 bits per heavy atom. The van der Waals surface area contributed by atoms with E-state index in [2.05, 4.69) is 15.5 Å². The van der Waals surface area contributed by atoms with Crippen molar-refractivity contribution in [3.63, 3.8) is 0 Å². The van der Waals surface area contributed by atoms with Gasteiger partial charge in [-0.25, -0.2) is 4.79 Å². The van der Waals surface area contributed by atoms with Crippen LogP contribution in [-0.4, -0.2) is 54.7 Å². The highest BCUT2D eigenvalue weighted by Crippen LogP contribution is 2.32. The Morgan fingerprint density at radius 1 is 1.22 bits per heavy atom. The van der Waals surface area contributed by atoms with Crippen molar-refractivity contribution in [2.24, 2.45) is 0 Å². The molecule has 0 radical (unpaired) electrons. The lowest BCUT2D eigenvalue weighted by Crippen LogP contribution is -2.52. The molecule has 0 aromatic rings. The second-order valence-corrected chi connectivity index (χ2v) is 5.08. The molecule has 0 aliphatic heterocycles. The highest BCUT2D eigenvalue weighted by Gasteiger charge is 2.35. The van der Waals surface area contributed by atoms with Gasteiger partial charge in [0.15, 0.2) is 0 Å². The van der Waals surface area contributed by atoms with Crippen LogP contribution in [0.5, 0.6) is 0 Å². The van der Waals surface area contributed by atoms with E-state index in [0.717, 1.165) is 12.8 Å². The van der Waals surface area contributed by atoms with Crippen molar-refractivity contribution in [2.45, 2.75) is 37.6 Å². The van der Waals surface area contributed by atoms with Gasteiger partial charge in [-0.2, -0.15) is 0 Å². The Bertz CT molecular complexity index is 299. The lowest BCUT2D eigenvalue weighted by Gasteiger charge is -2.36. The molecule has 6 heteroatoms. The summed E-state index contributed by atoms with van der Waals surface area (Å²) in [5.74, 6) is -0.907. The van der Waals surface area contributed by atoms with E-state index in [1.54, 1.807) is 0 Å². The number of nitrogens with zero attached hydrogens (tertiary/aromatic N) is 1. The van der Waals surface area contributed by atoms with Crippen LogP contribution in [-0.2, 0) is 4.79 Å². The van der Waals surface area contributed by atoms with Crippen molar-refractivity contribution in [1.29, 1.82) is 0 Å². The van der Waals surface area contributed by atoms with E-state index in [-0.39, 0.29) is 24.5 Å². The van der Waals surface area contributed by atoms with Crippen LogP contribution in [0.25, 0.3) is 0 Å². The number of hydrogen-bond donors (Lipinski definition) is 3. The number of carbonyl (C=O) groups excluding carboxylic acids is 1. The van der Waals surface area contributed by atoms with Gasteiger partial charge in [0.05, 0.1) is 6.42 Å². The first-order valence-electron chi connectivity index (χ1n) is 6.37. The molecule has 6 nitrogen and oxygen atoms in total. The van der Waals surface area contributed by atoms with Gasteiger partial charge in [-0.05, 0) is 26.9 Å². The van der Waals surface area contributed by atoms with Crippen LogP contribution in [0.3, 0.4) is 0 Å². The summed E-state index contributed by atoms with van der Waals surface area (Å²) in [7, 11) is 4.07. The minimum absolute atomic E-state index is 0.0494. The van der Waals surface area contributed by atoms with Crippen molar-refractivity contribution in [2.75, 3.05) is 27.2 Å². The van der Waals surface area contributed by atoms with E-state index in [0.29, 0.717) is 6.54 Å². The normalized spacial score (nSPS) is 17.7. The van der Waals surface area contributed by atoms with Crippen LogP contribution in [0, 0.1) is 0 Å². The SMILES string of the molecule is CN(C)C1(CNC(=O)NCCC(=O)O)CCCC1. The lowest BCUT2D eigenvalue weighted by molar-refractivity contribution is -0.136. The molecule has 1 saturated carbocycles. The smallest absolute Gasteiger partial charge is 0.314 e. The van der Waals surface area contributed by atoms with Gasteiger partial charge in [-0.3, -0.25) is 4.79 Å². The molecule has 0 unspecified atom stereocenters. The molecule has 0 spiro atoms. The third-order valence-corrected chi connectivity index (χ3v) is 3.69. The lowest BCUT2D eigenvalue weighted by atomic mass is 9.96. The van der Waals surface area contributed by atoms with Crippen molar-refractivity contribution >= 4 is 12.0 Å². The maximum atomic E-state index is 11.5. The number of hydrogen-bond acceptors (Lipinski definition) is 3. The Balaban J connectivity index is 2.30. The third-order valence-electron chi connectivity index (χ3n) is 3.69. The number of carbonyl (C=O) groups is 2. The summed E-state index contributed by atoms with van der Waals surface area (Å²) in [6.45, 7) is 0.773. The number of carboxylic acid groups (broad SMARTS) is 1. The van der Waals surface area contributed by atoms with Gasteiger partial charge < -0.3 is 20.6 Å². The van der Waals surface area contributed by atoms with Gasteiger partial charge in [0, 0.05) is 18.6 Å². The fourth-order valence-corrected chi connectivity index (χ4v) is 2.41. The Morgan fingerprint density at radius 3 is 2.33 bits per heavy atom. The van der Waals surface area contributed by atoms with E-state index >= 15 is 0 Å². The van der Waals surface area contributed by atoms with Gasteiger partial charge in [-0.15, -0.1) is 0 Å². The Labute approximate surface area is 108 Å². The number of urea groups is 1. The first kappa shape index (κ1) is 14.8. The van der Waals surface area contributed by atoms with Gasteiger partial charge in [-0.1, -0.05) is 12.8 Å². The Hall–Kier alpha value is -1.30. The summed E-state index contributed by atoms with van der Waals surface area (Å²) in [4.78, 5) is 24.0. The van der Waals surface area contributed by atoms with E-state index in [4.69, 9.17) is 5.11 Å². The molecule has 2 amide bonds. The molecule has 0 bridgehead atoms. The molecule has 1 fully saturated rings. The van der Waals surface area contributed by atoms with Gasteiger partial charge in [0.1, 0.15) is 0 Å². The first-order chi connectivity index (χ1) is 8.46. The molecule has 104 valence electrons. The van der Waals surface area contributed by atoms with Gasteiger partial charge in [0.2, 0.25) is 0 Å². The molecule has 0 aromatic carbocycles. The summed E-state index contributed by atoms with van der Waals surface area (Å²) in [6.07, 6.45) is 4.53. The second kappa shape index (κ2) is 6.58. The van der Waals surface area contributed by atoms with Crippen LogP contribution in [0.15, 0.2) is 0 Å². The minimum atomic E-state index is -0.907. The average Bonchev–Trinajstić information content (AvgIpc) is 2.75. The highest BCUT2D eigenvalue weighted by molar-refractivity contribution is 5.75. The van der Waals surface area contributed by atoms with Crippen molar-refractivity contribution in [3.8, 4) is 0 Å². The standard InChI is InChI=1S/C12H23N3O3/c1-15(2)12(6-3-4-7-12)9-14-11(18)13-8-5-10(16)17/h3-9H2,1-2H3,(H,16,17)(H2,13,14,18). The molecular formula is C12H23N3O3. The summed E-state index contributed by atoms with van der Waals surface area (Å²) < 4.78 is 0. The fraction of sp³-hybridized carbons (Fsp3) is 0.833. The maximum Gasteiger partial charge on any atom is 0.314 e. The predicted molar refractivity (Wildman–Crippen MR) is 68.5 cm³/mol. The van der Waals surface area contributed by atoms with Gasteiger partial charge in [0.25, 0.3) is 0 Å². The molecular weight excluding hydrogens is 234 g/mol. The summed E-state index contributed by atoms with van der Waals surface area (Å²) >= 11 is 0. The number of rotatable bonds is 6. The summed E-state index contributed by atoms with van der Waals surface area (Å²) in [6, 6.07) is -0.288. The highest BCUT2D eigenvalue weighted by atomic mass is 16.4. The average molecular weight is 257 g/mol. The zero-order valence-electron chi connectivity index (χ0n) is 11.2. The predicted octanol–water partition coefficient (Wildman–Crippen LogP) is 0.635. The Kier molecular flexibility index (Phi) is 5.40. The van der Waals surface area contributed by atoms with Crippen molar-refractivity contribution in [1.82, 2.24) is 15.5 Å². The number of amides is 2.